The lowest BCUT2D eigenvalue weighted by molar-refractivity contribution is -0.153. The molecule has 2 rings (SSSR count). The van der Waals surface area contributed by atoms with Crippen molar-refractivity contribution in [1.82, 2.24) is 0 Å². The predicted octanol–water partition coefficient (Wildman–Crippen LogP) is 0.898. The maximum Gasteiger partial charge on any atom is 0.321 e. The van der Waals surface area contributed by atoms with E-state index in [4.69, 9.17) is 0 Å². The highest BCUT2D eigenvalue weighted by Crippen LogP contribution is 2.36. The molecule has 0 unspecified atom stereocenters. The van der Waals surface area contributed by atoms with Gasteiger partial charge >= 0.3 is 11.9 Å². The predicted molar refractivity (Wildman–Crippen MR) is 41.0 cm³/mol. The highest BCUT2D eigenvalue weighted by molar-refractivity contribution is 5.97. The molecule has 0 amide bonds. The SMILES string of the molecule is C[C@@H]1CC=C[C@@H]2C(=O)OC(=O)[C@@H]12. The van der Waals surface area contributed by atoms with Gasteiger partial charge in [0.15, 0.2) is 0 Å². The summed E-state index contributed by atoms with van der Waals surface area (Å²) < 4.78 is 4.55. The largest absolute Gasteiger partial charge is 0.392 e. The molecule has 3 nitrogen and oxygen atoms in total. The van der Waals surface area contributed by atoms with E-state index in [1.165, 1.54) is 0 Å². The Morgan fingerprint density at radius 2 is 2.17 bits per heavy atom. The number of esters is 2. The molecule has 12 heavy (non-hydrogen) atoms. The van der Waals surface area contributed by atoms with E-state index in [-0.39, 0.29) is 29.7 Å². The summed E-state index contributed by atoms with van der Waals surface area (Å²) in [4.78, 5) is 22.2. The quantitative estimate of drug-likeness (QED) is 0.305. The molecule has 0 aromatic heterocycles. The second-order valence-electron chi connectivity index (χ2n) is 3.43. The molecule has 0 aromatic carbocycles. The van der Waals surface area contributed by atoms with E-state index in [1.54, 1.807) is 6.08 Å². The number of hydrogen-bond donors (Lipinski definition) is 0. The molecule has 3 heteroatoms. The fourth-order valence-corrected chi connectivity index (χ4v) is 1.90. The lowest BCUT2D eigenvalue weighted by Gasteiger charge is -2.20. The molecule has 0 spiro atoms. The van der Waals surface area contributed by atoms with E-state index in [9.17, 15) is 9.59 Å². The van der Waals surface area contributed by atoms with Crippen LogP contribution in [0.4, 0.5) is 0 Å². The van der Waals surface area contributed by atoms with Crippen molar-refractivity contribution in [2.24, 2.45) is 17.8 Å². The summed E-state index contributed by atoms with van der Waals surface area (Å²) in [6.45, 7) is 1.97. The van der Waals surface area contributed by atoms with Crippen LogP contribution in [0.3, 0.4) is 0 Å². The van der Waals surface area contributed by atoms with Crippen LogP contribution in [0.5, 0.6) is 0 Å². The number of carbonyl (C=O) groups is 2. The van der Waals surface area contributed by atoms with Crippen LogP contribution in [0, 0.1) is 17.8 Å². The number of allylic oxidation sites excluding steroid dienone is 1. The minimum absolute atomic E-state index is 0.220. The molecule has 1 aliphatic carbocycles. The number of ether oxygens (including phenoxy) is 1. The van der Waals surface area contributed by atoms with Crippen molar-refractivity contribution in [2.75, 3.05) is 0 Å². The van der Waals surface area contributed by atoms with E-state index in [1.807, 2.05) is 13.0 Å². The Kier molecular flexibility index (Phi) is 1.53. The minimum atomic E-state index is -0.382. The third-order valence-electron chi connectivity index (χ3n) is 2.60. The molecule has 1 aliphatic heterocycles. The first-order valence-electron chi connectivity index (χ1n) is 4.12. The van der Waals surface area contributed by atoms with Crippen LogP contribution in [0.2, 0.25) is 0 Å². The summed E-state index contributed by atoms with van der Waals surface area (Å²) in [6.07, 6.45) is 4.60. The smallest absolute Gasteiger partial charge is 0.321 e. The zero-order chi connectivity index (χ0) is 8.72. The van der Waals surface area contributed by atoms with Gasteiger partial charge < -0.3 is 4.74 Å². The van der Waals surface area contributed by atoms with Crippen LogP contribution in [-0.4, -0.2) is 11.9 Å². The molecular formula is C9H10O3. The summed E-state index contributed by atoms with van der Waals surface area (Å²) in [5.74, 6) is -1.02. The summed E-state index contributed by atoms with van der Waals surface area (Å²) in [7, 11) is 0. The van der Waals surface area contributed by atoms with E-state index in [2.05, 4.69) is 4.74 Å². The van der Waals surface area contributed by atoms with Gasteiger partial charge in [-0.15, -0.1) is 0 Å². The molecule has 1 saturated heterocycles. The van der Waals surface area contributed by atoms with Gasteiger partial charge in [0.05, 0.1) is 11.8 Å². The first-order chi connectivity index (χ1) is 5.70. The molecule has 1 fully saturated rings. The summed E-state index contributed by atoms with van der Waals surface area (Å²) >= 11 is 0. The number of carbonyl (C=O) groups excluding carboxylic acids is 2. The Morgan fingerprint density at radius 1 is 1.42 bits per heavy atom. The van der Waals surface area contributed by atoms with E-state index in [0.717, 1.165) is 6.42 Å². The van der Waals surface area contributed by atoms with Gasteiger partial charge in [-0.05, 0) is 12.3 Å². The van der Waals surface area contributed by atoms with Crippen LogP contribution in [0.1, 0.15) is 13.3 Å². The molecule has 0 radical (unpaired) electrons. The number of cyclic esters (lactones) is 2. The average molecular weight is 166 g/mol. The second-order valence-corrected chi connectivity index (χ2v) is 3.43. The number of hydrogen-bond acceptors (Lipinski definition) is 3. The van der Waals surface area contributed by atoms with Crippen LogP contribution in [-0.2, 0) is 14.3 Å². The zero-order valence-electron chi connectivity index (χ0n) is 6.82. The highest BCUT2D eigenvalue weighted by atomic mass is 16.6. The van der Waals surface area contributed by atoms with Gasteiger partial charge in [0.25, 0.3) is 0 Å². The molecule has 0 aromatic rings. The van der Waals surface area contributed by atoms with Gasteiger partial charge in [-0.3, -0.25) is 9.59 Å². The second kappa shape index (κ2) is 2.44. The Labute approximate surface area is 70.4 Å². The van der Waals surface area contributed by atoms with Crippen LogP contribution >= 0.6 is 0 Å². The average Bonchev–Trinajstić information content (AvgIpc) is 2.29. The minimum Gasteiger partial charge on any atom is -0.392 e. The van der Waals surface area contributed by atoms with Crippen molar-refractivity contribution in [2.45, 2.75) is 13.3 Å². The summed E-state index contributed by atoms with van der Waals surface area (Å²) in [5.41, 5.74) is 0. The van der Waals surface area contributed by atoms with Gasteiger partial charge in [0.1, 0.15) is 0 Å². The number of fused-ring (bicyclic) bond motifs is 1. The van der Waals surface area contributed by atoms with Crippen molar-refractivity contribution in [1.29, 1.82) is 0 Å². The lowest BCUT2D eigenvalue weighted by Crippen LogP contribution is -2.25. The van der Waals surface area contributed by atoms with Gasteiger partial charge in [-0.25, -0.2) is 0 Å². The Morgan fingerprint density at radius 3 is 2.83 bits per heavy atom. The van der Waals surface area contributed by atoms with E-state index in [0.29, 0.717) is 0 Å². The van der Waals surface area contributed by atoms with Crippen molar-refractivity contribution in [3.05, 3.63) is 12.2 Å². The maximum atomic E-state index is 11.2. The van der Waals surface area contributed by atoms with E-state index >= 15 is 0 Å². The van der Waals surface area contributed by atoms with Gasteiger partial charge in [-0.1, -0.05) is 19.1 Å². The summed E-state index contributed by atoms with van der Waals surface area (Å²) in [6, 6.07) is 0. The highest BCUT2D eigenvalue weighted by Gasteiger charge is 2.46. The van der Waals surface area contributed by atoms with Gasteiger partial charge in [0, 0.05) is 0 Å². The van der Waals surface area contributed by atoms with Crippen LogP contribution < -0.4 is 0 Å². The van der Waals surface area contributed by atoms with Gasteiger partial charge in [-0.2, -0.15) is 0 Å². The van der Waals surface area contributed by atoms with Crippen molar-refractivity contribution in [3.63, 3.8) is 0 Å². The fourth-order valence-electron chi connectivity index (χ4n) is 1.90. The van der Waals surface area contributed by atoms with Crippen molar-refractivity contribution >= 4 is 11.9 Å². The Balaban J connectivity index is 2.34. The first kappa shape index (κ1) is 7.53. The van der Waals surface area contributed by atoms with Crippen molar-refractivity contribution < 1.29 is 14.3 Å². The first-order valence-corrected chi connectivity index (χ1v) is 4.12. The monoisotopic (exact) mass is 166 g/mol. The number of rotatable bonds is 0. The molecular weight excluding hydrogens is 156 g/mol. The fraction of sp³-hybridized carbons (Fsp3) is 0.556. The summed E-state index contributed by atoms with van der Waals surface area (Å²) in [5, 5.41) is 0. The zero-order valence-corrected chi connectivity index (χ0v) is 6.82. The molecule has 3 atom stereocenters. The van der Waals surface area contributed by atoms with Crippen LogP contribution in [0.15, 0.2) is 12.2 Å². The normalized spacial score (nSPS) is 39.6. The Bertz CT molecular complexity index is 267. The third-order valence-corrected chi connectivity index (χ3v) is 2.60. The lowest BCUT2D eigenvalue weighted by atomic mass is 9.78. The third kappa shape index (κ3) is 0.891. The van der Waals surface area contributed by atoms with E-state index < -0.39 is 0 Å². The standard InChI is InChI=1S/C9H10O3/c1-5-3-2-4-6-7(5)9(11)12-8(6)10/h2,4-7H,3H2,1H3/t5-,6+,7+/m1/s1. The molecule has 0 saturated carbocycles. The molecule has 0 N–H and O–H groups in total. The van der Waals surface area contributed by atoms with Gasteiger partial charge in [0.2, 0.25) is 0 Å². The van der Waals surface area contributed by atoms with Crippen molar-refractivity contribution in [3.8, 4) is 0 Å². The molecule has 2 aliphatic rings. The molecule has 0 bridgehead atoms. The van der Waals surface area contributed by atoms with Crippen LogP contribution in [0.25, 0.3) is 0 Å². The molecule has 1 heterocycles. The maximum absolute atomic E-state index is 11.2. The topological polar surface area (TPSA) is 43.4 Å². The molecule has 64 valence electrons. The Hall–Kier alpha value is -1.12.